The first-order valence-corrected chi connectivity index (χ1v) is 6.87. The molecule has 2 unspecified atom stereocenters. The number of hydrogen-bond donors (Lipinski definition) is 0. The van der Waals surface area contributed by atoms with Crippen molar-refractivity contribution in [2.45, 2.75) is 31.8 Å². The van der Waals surface area contributed by atoms with E-state index in [1.165, 1.54) is 5.56 Å². The van der Waals surface area contributed by atoms with Gasteiger partial charge in [-0.3, -0.25) is 0 Å². The molecule has 1 aliphatic carbocycles. The third kappa shape index (κ3) is 2.14. The summed E-state index contributed by atoms with van der Waals surface area (Å²) in [6.45, 7) is 4.58. The maximum absolute atomic E-state index is 5.89. The minimum Gasteiger partial charge on any atom is -0.493 e. The van der Waals surface area contributed by atoms with Crippen LogP contribution in [-0.2, 0) is 10.2 Å². The SMILES string of the molecule is CC1(C)C=CC(c2ccccc2)(C2C=CC=CO2)C1. The van der Waals surface area contributed by atoms with Crippen LogP contribution in [0.5, 0.6) is 0 Å². The van der Waals surface area contributed by atoms with Crippen molar-refractivity contribution in [3.8, 4) is 0 Å². The fourth-order valence-corrected chi connectivity index (χ4v) is 3.23. The van der Waals surface area contributed by atoms with Gasteiger partial charge < -0.3 is 4.74 Å². The highest BCUT2D eigenvalue weighted by Crippen LogP contribution is 2.48. The topological polar surface area (TPSA) is 9.23 Å². The van der Waals surface area contributed by atoms with Gasteiger partial charge in [0.2, 0.25) is 0 Å². The van der Waals surface area contributed by atoms with E-state index in [0.29, 0.717) is 0 Å². The standard InChI is InChI=1S/C18H20O/c1-17(2)11-12-18(14-17,15-8-4-3-5-9-15)16-10-6-7-13-19-16/h3-13,16H,14H2,1-2H3. The number of allylic oxidation sites excluding steroid dienone is 3. The van der Waals surface area contributed by atoms with Crippen LogP contribution in [0.4, 0.5) is 0 Å². The average Bonchev–Trinajstić information content (AvgIpc) is 2.78. The van der Waals surface area contributed by atoms with Crippen LogP contribution in [0.3, 0.4) is 0 Å². The molecule has 19 heavy (non-hydrogen) atoms. The van der Waals surface area contributed by atoms with Crippen molar-refractivity contribution in [3.63, 3.8) is 0 Å². The zero-order valence-electron chi connectivity index (χ0n) is 11.5. The second-order valence-corrected chi connectivity index (χ2v) is 6.18. The Morgan fingerprint density at radius 2 is 1.84 bits per heavy atom. The van der Waals surface area contributed by atoms with E-state index < -0.39 is 0 Å². The van der Waals surface area contributed by atoms with Gasteiger partial charge in [0.1, 0.15) is 6.10 Å². The molecular formula is C18H20O. The summed E-state index contributed by atoms with van der Waals surface area (Å²) in [6.07, 6.45) is 13.8. The molecule has 0 amide bonds. The van der Waals surface area contributed by atoms with Crippen LogP contribution < -0.4 is 0 Å². The van der Waals surface area contributed by atoms with Gasteiger partial charge in [-0.05, 0) is 29.6 Å². The summed E-state index contributed by atoms with van der Waals surface area (Å²) in [4.78, 5) is 0. The number of benzene rings is 1. The first-order chi connectivity index (χ1) is 9.12. The fourth-order valence-electron chi connectivity index (χ4n) is 3.23. The fraction of sp³-hybridized carbons (Fsp3) is 0.333. The van der Waals surface area contributed by atoms with E-state index in [9.17, 15) is 0 Å². The van der Waals surface area contributed by atoms with Crippen LogP contribution in [0.1, 0.15) is 25.8 Å². The van der Waals surface area contributed by atoms with Crippen molar-refractivity contribution in [3.05, 3.63) is 72.5 Å². The van der Waals surface area contributed by atoms with Crippen molar-refractivity contribution < 1.29 is 4.74 Å². The van der Waals surface area contributed by atoms with Crippen LogP contribution in [-0.4, -0.2) is 6.10 Å². The molecule has 0 aromatic heterocycles. The minimum absolute atomic E-state index is 0.0496. The number of ether oxygens (including phenoxy) is 1. The van der Waals surface area contributed by atoms with Crippen molar-refractivity contribution in [2.75, 3.05) is 0 Å². The molecule has 1 heterocycles. The van der Waals surface area contributed by atoms with Crippen molar-refractivity contribution >= 4 is 0 Å². The lowest BCUT2D eigenvalue weighted by atomic mass is 9.71. The number of hydrogen-bond acceptors (Lipinski definition) is 1. The molecule has 0 saturated carbocycles. The minimum atomic E-state index is -0.0496. The predicted octanol–water partition coefficient (Wildman–Crippen LogP) is 4.38. The summed E-state index contributed by atoms with van der Waals surface area (Å²) in [7, 11) is 0. The summed E-state index contributed by atoms with van der Waals surface area (Å²) >= 11 is 0. The predicted molar refractivity (Wildman–Crippen MR) is 78.8 cm³/mol. The van der Waals surface area contributed by atoms with E-state index >= 15 is 0 Å². The highest BCUT2D eigenvalue weighted by molar-refractivity contribution is 5.40. The van der Waals surface area contributed by atoms with Gasteiger partial charge >= 0.3 is 0 Å². The summed E-state index contributed by atoms with van der Waals surface area (Å²) in [6, 6.07) is 10.7. The number of rotatable bonds is 2. The Kier molecular flexibility index (Phi) is 2.85. The van der Waals surface area contributed by atoms with Crippen LogP contribution in [0.15, 0.2) is 67.0 Å². The van der Waals surface area contributed by atoms with Crippen LogP contribution in [0, 0.1) is 5.41 Å². The van der Waals surface area contributed by atoms with Crippen LogP contribution in [0.25, 0.3) is 0 Å². The average molecular weight is 252 g/mol. The second kappa shape index (κ2) is 4.41. The molecule has 1 aliphatic heterocycles. The van der Waals surface area contributed by atoms with Gasteiger partial charge in [0.25, 0.3) is 0 Å². The maximum atomic E-state index is 5.89. The molecule has 1 aromatic rings. The largest absolute Gasteiger partial charge is 0.493 e. The molecule has 3 rings (SSSR count). The Morgan fingerprint density at radius 3 is 2.42 bits per heavy atom. The molecule has 1 nitrogen and oxygen atoms in total. The highest BCUT2D eigenvalue weighted by atomic mass is 16.5. The normalized spacial score (nSPS) is 31.4. The van der Waals surface area contributed by atoms with Gasteiger partial charge in [-0.25, -0.2) is 0 Å². The third-order valence-corrected chi connectivity index (χ3v) is 4.10. The molecule has 0 N–H and O–H groups in total. The highest BCUT2D eigenvalue weighted by Gasteiger charge is 2.46. The monoisotopic (exact) mass is 252 g/mol. The molecule has 0 fully saturated rings. The Hall–Kier alpha value is -1.76. The van der Waals surface area contributed by atoms with E-state index in [1.54, 1.807) is 6.26 Å². The van der Waals surface area contributed by atoms with Gasteiger partial charge in [-0.2, -0.15) is 0 Å². The Balaban J connectivity index is 2.05. The molecule has 1 aromatic carbocycles. The first kappa shape index (κ1) is 12.3. The van der Waals surface area contributed by atoms with E-state index in [0.717, 1.165) is 6.42 Å². The third-order valence-electron chi connectivity index (χ3n) is 4.10. The summed E-state index contributed by atoms with van der Waals surface area (Å²) in [5, 5.41) is 0. The molecule has 0 saturated heterocycles. The molecular weight excluding hydrogens is 232 g/mol. The molecule has 0 radical (unpaired) electrons. The van der Waals surface area contributed by atoms with Crippen LogP contribution >= 0.6 is 0 Å². The van der Waals surface area contributed by atoms with E-state index in [2.05, 4.69) is 68.5 Å². The lowest BCUT2D eigenvalue weighted by molar-refractivity contribution is 0.109. The van der Waals surface area contributed by atoms with E-state index in [1.807, 2.05) is 6.08 Å². The zero-order valence-corrected chi connectivity index (χ0v) is 11.5. The van der Waals surface area contributed by atoms with Crippen molar-refractivity contribution in [1.82, 2.24) is 0 Å². The lowest BCUT2D eigenvalue weighted by Crippen LogP contribution is -2.38. The second-order valence-electron chi connectivity index (χ2n) is 6.18. The van der Waals surface area contributed by atoms with E-state index in [4.69, 9.17) is 4.74 Å². The lowest BCUT2D eigenvalue weighted by Gasteiger charge is -2.37. The molecule has 2 atom stereocenters. The quantitative estimate of drug-likeness (QED) is 0.710. The maximum Gasteiger partial charge on any atom is 0.129 e. The Morgan fingerprint density at radius 1 is 1.05 bits per heavy atom. The molecule has 0 bridgehead atoms. The molecule has 1 heteroatoms. The zero-order chi connectivity index (χ0) is 13.3. The summed E-state index contributed by atoms with van der Waals surface area (Å²) < 4.78 is 5.89. The molecule has 2 aliphatic rings. The summed E-state index contributed by atoms with van der Waals surface area (Å²) in [5.41, 5.74) is 1.50. The molecule has 98 valence electrons. The Labute approximate surface area is 115 Å². The Bertz CT molecular complexity index is 536. The van der Waals surface area contributed by atoms with Gasteiger partial charge in [0.05, 0.1) is 11.7 Å². The van der Waals surface area contributed by atoms with Crippen molar-refractivity contribution in [1.29, 1.82) is 0 Å². The molecule has 0 spiro atoms. The van der Waals surface area contributed by atoms with Crippen molar-refractivity contribution in [2.24, 2.45) is 5.41 Å². The van der Waals surface area contributed by atoms with E-state index in [-0.39, 0.29) is 16.9 Å². The van der Waals surface area contributed by atoms with Gasteiger partial charge in [-0.1, -0.05) is 62.4 Å². The van der Waals surface area contributed by atoms with Crippen LogP contribution in [0.2, 0.25) is 0 Å². The van der Waals surface area contributed by atoms with Gasteiger partial charge in [0.15, 0.2) is 0 Å². The first-order valence-electron chi connectivity index (χ1n) is 6.87. The van der Waals surface area contributed by atoms with Gasteiger partial charge in [-0.15, -0.1) is 0 Å². The van der Waals surface area contributed by atoms with Gasteiger partial charge in [0, 0.05) is 0 Å². The smallest absolute Gasteiger partial charge is 0.129 e. The summed E-state index contributed by atoms with van der Waals surface area (Å²) in [5.74, 6) is 0.